The van der Waals surface area contributed by atoms with Gasteiger partial charge in [0.25, 0.3) is 0 Å². The first-order valence-corrected chi connectivity index (χ1v) is 7.32. The maximum Gasteiger partial charge on any atom is 0 e. The van der Waals surface area contributed by atoms with Crippen molar-refractivity contribution in [3.8, 4) is 0 Å². The van der Waals surface area contributed by atoms with E-state index in [2.05, 4.69) is 38.1 Å². The van der Waals surface area contributed by atoms with Crippen molar-refractivity contribution in [2.24, 2.45) is 5.92 Å². The SMILES string of the molecule is CC1CCCCC1(C)[c-]1cccc1.N[c-]1[cH-][cH-][cH-][cH-]1.[Fe]. The summed E-state index contributed by atoms with van der Waals surface area (Å²) in [5.41, 5.74) is 8.14. The van der Waals surface area contributed by atoms with E-state index >= 15 is 0 Å². The Morgan fingerprint density at radius 2 is 1.75 bits per heavy atom. The van der Waals surface area contributed by atoms with Crippen LogP contribution in [0.15, 0.2) is 48.5 Å². The van der Waals surface area contributed by atoms with Gasteiger partial charge in [0.05, 0.1) is 0 Å². The summed E-state index contributed by atoms with van der Waals surface area (Å²) < 4.78 is 0. The molecule has 0 bridgehead atoms. The summed E-state index contributed by atoms with van der Waals surface area (Å²) in [6.07, 6.45) is 5.61. The van der Waals surface area contributed by atoms with Crippen LogP contribution in [0.25, 0.3) is 0 Å². The molecule has 2 aromatic carbocycles. The summed E-state index contributed by atoms with van der Waals surface area (Å²) >= 11 is 0. The number of hydrogen-bond acceptors (Lipinski definition) is 1. The van der Waals surface area contributed by atoms with Crippen LogP contribution in [0, 0.1) is 5.92 Å². The molecule has 1 fully saturated rings. The third-order valence-electron chi connectivity index (χ3n) is 4.68. The molecule has 1 nitrogen and oxygen atoms in total. The zero-order valence-electron chi connectivity index (χ0n) is 12.5. The second kappa shape index (κ2) is 7.71. The Labute approximate surface area is 133 Å². The maximum absolute atomic E-state index is 5.28. The van der Waals surface area contributed by atoms with Crippen LogP contribution in [0.3, 0.4) is 0 Å². The van der Waals surface area contributed by atoms with Gasteiger partial charge >= 0.3 is 0 Å². The Morgan fingerprint density at radius 3 is 2.20 bits per heavy atom. The molecule has 2 unspecified atom stereocenters. The van der Waals surface area contributed by atoms with E-state index in [1.54, 1.807) is 5.56 Å². The van der Waals surface area contributed by atoms with Gasteiger partial charge in [-0.2, -0.15) is 17.7 Å². The van der Waals surface area contributed by atoms with E-state index in [0.29, 0.717) is 5.41 Å². The molecule has 2 atom stereocenters. The summed E-state index contributed by atoms with van der Waals surface area (Å²) in [4.78, 5) is 0. The Hall–Kier alpha value is -0.981. The molecule has 0 saturated heterocycles. The molecule has 2 heteroatoms. The molecule has 20 heavy (non-hydrogen) atoms. The summed E-state index contributed by atoms with van der Waals surface area (Å²) in [5, 5.41) is 0. The number of anilines is 1. The number of nitrogen functional groups attached to an aromatic ring is 1. The van der Waals surface area contributed by atoms with Crippen LogP contribution in [0.4, 0.5) is 5.69 Å². The summed E-state index contributed by atoms with van der Waals surface area (Å²) in [6.45, 7) is 4.85. The topological polar surface area (TPSA) is 26.0 Å². The van der Waals surface area contributed by atoms with Crippen LogP contribution in [-0.2, 0) is 22.5 Å². The van der Waals surface area contributed by atoms with Gasteiger partial charge in [0, 0.05) is 17.1 Å². The second-order valence-electron chi connectivity index (χ2n) is 5.96. The van der Waals surface area contributed by atoms with E-state index in [-0.39, 0.29) is 17.1 Å². The predicted octanol–water partition coefficient (Wildman–Crippen LogP) is 4.86. The van der Waals surface area contributed by atoms with Gasteiger partial charge in [-0.15, -0.1) is 0 Å². The van der Waals surface area contributed by atoms with Crippen LogP contribution in [0.1, 0.15) is 45.1 Å². The largest absolute Gasteiger partial charge is 0.746 e. The fourth-order valence-electron chi connectivity index (χ4n) is 3.08. The van der Waals surface area contributed by atoms with Crippen LogP contribution in [0.2, 0.25) is 0 Å². The van der Waals surface area contributed by atoms with Gasteiger partial charge in [-0.1, -0.05) is 44.9 Å². The minimum absolute atomic E-state index is 0. The number of rotatable bonds is 1. The van der Waals surface area contributed by atoms with Crippen molar-refractivity contribution in [1.82, 2.24) is 0 Å². The molecule has 0 amide bonds. The molecule has 0 aromatic heterocycles. The third kappa shape index (κ3) is 4.01. The summed E-state index contributed by atoms with van der Waals surface area (Å²) in [5.74, 6) is 0.851. The van der Waals surface area contributed by atoms with Crippen LogP contribution < -0.4 is 5.73 Å². The zero-order valence-corrected chi connectivity index (χ0v) is 13.6. The van der Waals surface area contributed by atoms with Crippen LogP contribution >= 0.6 is 0 Å². The molecule has 3 rings (SSSR count). The van der Waals surface area contributed by atoms with Gasteiger partial charge in [0.15, 0.2) is 0 Å². The summed E-state index contributed by atoms with van der Waals surface area (Å²) in [6, 6.07) is 16.5. The monoisotopic (exact) mass is 311 g/mol. The Balaban J connectivity index is 0.000000243. The second-order valence-corrected chi connectivity index (χ2v) is 5.96. The van der Waals surface area contributed by atoms with E-state index in [9.17, 15) is 0 Å². The molecule has 2 aromatic rings. The van der Waals surface area contributed by atoms with Gasteiger partial charge in [-0.05, 0) is 5.92 Å². The number of hydrogen-bond donors (Lipinski definition) is 1. The van der Waals surface area contributed by atoms with E-state index in [1.165, 1.54) is 25.7 Å². The first-order chi connectivity index (χ1) is 9.13. The van der Waals surface area contributed by atoms with Gasteiger partial charge < -0.3 is 35.7 Å². The van der Waals surface area contributed by atoms with Crippen molar-refractivity contribution in [1.29, 1.82) is 0 Å². The molecule has 1 saturated carbocycles. The Kier molecular flexibility index (Phi) is 6.58. The minimum atomic E-state index is 0. The smallest absolute Gasteiger partial charge is 0 e. The first-order valence-electron chi connectivity index (χ1n) is 7.32. The normalized spacial score (nSPS) is 25.2. The fraction of sp³-hybridized carbons (Fsp3) is 0.444. The molecular formula is C18H25FeN-6. The molecular weight excluding hydrogens is 286 g/mol. The van der Waals surface area contributed by atoms with E-state index in [0.717, 1.165) is 11.6 Å². The van der Waals surface area contributed by atoms with Gasteiger partial charge in [0.1, 0.15) is 0 Å². The predicted molar refractivity (Wildman–Crippen MR) is 83.5 cm³/mol. The first kappa shape index (κ1) is 17.1. The van der Waals surface area contributed by atoms with Crippen molar-refractivity contribution < 1.29 is 17.1 Å². The quantitative estimate of drug-likeness (QED) is 0.591. The summed E-state index contributed by atoms with van der Waals surface area (Å²) in [7, 11) is 0. The van der Waals surface area contributed by atoms with Crippen molar-refractivity contribution in [2.75, 3.05) is 5.73 Å². The van der Waals surface area contributed by atoms with Crippen molar-refractivity contribution in [2.45, 2.75) is 44.9 Å². The molecule has 2 N–H and O–H groups in total. The maximum atomic E-state index is 5.28. The molecule has 116 valence electrons. The molecule has 0 heterocycles. The van der Waals surface area contributed by atoms with Gasteiger partial charge in [-0.3, -0.25) is 0 Å². The van der Waals surface area contributed by atoms with Crippen LogP contribution in [-0.4, -0.2) is 0 Å². The van der Waals surface area contributed by atoms with Crippen molar-refractivity contribution in [3.05, 3.63) is 54.1 Å². The molecule has 0 aliphatic heterocycles. The van der Waals surface area contributed by atoms with Crippen molar-refractivity contribution >= 4 is 5.69 Å². The number of nitrogens with two attached hydrogens (primary N) is 1. The van der Waals surface area contributed by atoms with E-state index < -0.39 is 0 Å². The molecule has 0 radical (unpaired) electrons. The average molecular weight is 311 g/mol. The van der Waals surface area contributed by atoms with E-state index in [1.807, 2.05) is 24.3 Å². The standard InChI is InChI=1S/C13H19.C5H6N.Fe/c1-11-7-5-6-10-13(11,2)12-8-3-4-9-12;6-5-3-1-2-4-5;/h3-4,8-9,11H,5-7,10H2,1-2H3;1-4H,6H2;/q-1;-5;. The third-order valence-corrected chi connectivity index (χ3v) is 4.68. The van der Waals surface area contributed by atoms with E-state index in [4.69, 9.17) is 5.73 Å². The molecule has 1 aliphatic carbocycles. The van der Waals surface area contributed by atoms with Crippen LogP contribution in [0.5, 0.6) is 0 Å². The van der Waals surface area contributed by atoms with Gasteiger partial charge in [0.2, 0.25) is 0 Å². The zero-order chi connectivity index (χ0) is 13.7. The van der Waals surface area contributed by atoms with Gasteiger partial charge in [-0.25, -0.2) is 12.1 Å². The molecule has 1 aliphatic rings. The fourth-order valence-corrected chi connectivity index (χ4v) is 3.08. The molecule has 0 spiro atoms. The average Bonchev–Trinajstić information content (AvgIpc) is 3.06. The minimum Gasteiger partial charge on any atom is -0.746 e. The Bertz CT molecular complexity index is 458. The van der Waals surface area contributed by atoms with Crippen molar-refractivity contribution in [3.63, 3.8) is 0 Å². The Morgan fingerprint density at radius 1 is 1.15 bits per heavy atom.